The molecule has 0 fully saturated rings. The zero-order valence-electron chi connectivity index (χ0n) is 11.1. The zero-order valence-corrected chi connectivity index (χ0v) is 11.1. The van der Waals surface area contributed by atoms with Gasteiger partial charge in [0, 0.05) is 5.56 Å². The van der Waals surface area contributed by atoms with Crippen molar-refractivity contribution in [3.8, 4) is 11.5 Å². The van der Waals surface area contributed by atoms with Crippen molar-refractivity contribution >= 4 is 11.0 Å². The van der Waals surface area contributed by atoms with E-state index in [1.54, 1.807) is 25.2 Å². The van der Waals surface area contributed by atoms with Gasteiger partial charge in [0.15, 0.2) is 0 Å². The second-order valence-electron chi connectivity index (χ2n) is 4.18. The molecular formula is C16H14O4. The molecular weight excluding hydrogens is 256 g/mol. The highest BCUT2D eigenvalue weighted by Crippen LogP contribution is 2.26. The monoisotopic (exact) mass is 270 g/mol. The fourth-order valence-corrected chi connectivity index (χ4v) is 1.73. The molecule has 102 valence electrons. The van der Waals surface area contributed by atoms with Crippen molar-refractivity contribution in [2.45, 2.75) is 6.92 Å². The molecule has 4 heteroatoms. The molecule has 0 radical (unpaired) electrons. The van der Waals surface area contributed by atoms with Gasteiger partial charge in [0.25, 0.3) is 0 Å². The van der Waals surface area contributed by atoms with Crippen LogP contribution in [0.25, 0.3) is 11.0 Å². The molecule has 0 bridgehead atoms. The van der Waals surface area contributed by atoms with Crippen molar-refractivity contribution in [3.05, 3.63) is 71.3 Å². The topological polar surface area (TPSA) is 59.7 Å². The first-order chi connectivity index (χ1) is 9.54. The van der Waals surface area contributed by atoms with Gasteiger partial charge in [0.2, 0.25) is 11.2 Å². The summed E-state index contributed by atoms with van der Waals surface area (Å²) in [5, 5.41) is 9.94. The third-order valence-electron chi connectivity index (χ3n) is 2.79. The highest BCUT2D eigenvalue weighted by atomic mass is 16.5. The summed E-state index contributed by atoms with van der Waals surface area (Å²) in [6.07, 6.45) is 6.01. The van der Waals surface area contributed by atoms with Gasteiger partial charge in [-0.15, -0.1) is 0 Å². The summed E-state index contributed by atoms with van der Waals surface area (Å²) in [4.78, 5) is 12.2. The van der Waals surface area contributed by atoms with Crippen LogP contribution in [0.2, 0.25) is 0 Å². The molecule has 0 unspecified atom stereocenters. The van der Waals surface area contributed by atoms with E-state index in [1.807, 2.05) is 0 Å². The van der Waals surface area contributed by atoms with Crippen LogP contribution in [0.5, 0.6) is 11.5 Å². The average Bonchev–Trinajstić information content (AvgIpc) is 2.43. The zero-order chi connectivity index (χ0) is 14.7. The van der Waals surface area contributed by atoms with Crippen molar-refractivity contribution in [2.75, 3.05) is 0 Å². The van der Waals surface area contributed by atoms with Crippen LogP contribution in [0.4, 0.5) is 0 Å². The van der Waals surface area contributed by atoms with Gasteiger partial charge in [-0.2, -0.15) is 0 Å². The maximum atomic E-state index is 12.2. The standard InChI is InChI=1S/C16H14O4/c1-4-5-6-10(2)20-14-9-19-16-11(3)13(17)8-7-12(16)15(14)18/h4-9,17H,1-2H2,3H3/b6-5-. The van der Waals surface area contributed by atoms with Crippen molar-refractivity contribution in [3.63, 3.8) is 0 Å². The molecule has 2 rings (SSSR count). The number of rotatable bonds is 4. The predicted molar refractivity (Wildman–Crippen MR) is 78.0 cm³/mol. The summed E-state index contributed by atoms with van der Waals surface area (Å²) in [6, 6.07) is 2.95. The molecule has 1 aromatic heterocycles. The molecule has 0 spiro atoms. The van der Waals surface area contributed by atoms with E-state index in [4.69, 9.17) is 9.15 Å². The van der Waals surface area contributed by atoms with Crippen molar-refractivity contribution in [2.24, 2.45) is 0 Å². The maximum Gasteiger partial charge on any atom is 0.235 e. The maximum absolute atomic E-state index is 12.2. The minimum Gasteiger partial charge on any atom is -0.508 e. The first kappa shape index (κ1) is 13.7. The Morgan fingerprint density at radius 1 is 1.45 bits per heavy atom. The smallest absolute Gasteiger partial charge is 0.235 e. The number of hydrogen-bond donors (Lipinski definition) is 1. The molecule has 0 atom stereocenters. The molecule has 4 nitrogen and oxygen atoms in total. The lowest BCUT2D eigenvalue weighted by molar-refractivity contribution is 0.421. The number of allylic oxidation sites excluding steroid dienone is 3. The van der Waals surface area contributed by atoms with Crippen LogP contribution in [-0.4, -0.2) is 5.11 Å². The van der Waals surface area contributed by atoms with Crippen LogP contribution >= 0.6 is 0 Å². The van der Waals surface area contributed by atoms with Gasteiger partial charge >= 0.3 is 0 Å². The fourth-order valence-electron chi connectivity index (χ4n) is 1.73. The van der Waals surface area contributed by atoms with Crippen molar-refractivity contribution in [1.82, 2.24) is 0 Å². The number of phenols is 1. The molecule has 20 heavy (non-hydrogen) atoms. The molecule has 0 amide bonds. The van der Waals surface area contributed by atoms with Crippen LogP contribution in [0.1, 0.15) is 5.56 Å². The highest BCUT2D eigenvalue weighted by Gasteiger charge is 2.12. The van der Waals surface area contributed by atoms with Crippen molar-refractivity contribution in [1.29, 1.82) is 0 Å². The van der Waals surface area contributed by atoms with Gasteiger partial charge < -0.3 is 14.3 Å². The molecule has 0 saturated carbocycles. The van der Waals surface area contributed by atoms with E-state index < -0.39 is 0 Å². The molecule has 0 saturated heterocycles. The Morgan fingerprint density at radius 3 is 2.90 bits per heavy atom. The lowest BCUT2D eigenvalue weighted by Crippen LogP contribution is -2.07. The number of aryl methyl sites for hydroxylation is 1. The van der Waals surface area contributed by atoms with E-state index in [1.165, 1.54) is 18.4 Å². The van der Waals surface area contributed by atoms with E-state index in [9.17, 15) is 9.90 Å². The van der Waals surface area contributed by atoms with Gasteiger partial charge in [-0.05, 0) is 25.1 Å². The lowest BCUT2D eigenvalue weighted by Gasteiger charge is -2.07. The van der Waals surface area contributed by atoms with E-state index in [2.05, 4.69) is 13.2 Å². The average molecular weight is 270 g/mol. The number of fused-ring (bicyclic) bond motifs is 1. The number of benzene rings is 1. The highest BCUT2D eigenvalue weighted by molar-refractivity contribution is 5.82. The van der Waals surface area contributed by atoms with Crippen LogP contribution in [0.3, 0.4) is 0 Å². The third kappa shape index (κ3) is 2.49. The second kappa shape index (κ2) is 5.48. The van der Waals surface area contributed by atoms with Gasteiger partial charge in [-0.3, -0.25) is 4.79 Å². The first-order valence-corrected chi connectivity index (χ1v) is 5.94. The van der Waals surface area contributed by atoms with Crippen LogP contribution < -0.4 is 10.2 Å². The Balaban J connectivity index is 2.48. The summed E-state index contributed by atoms with van der Waals surface area (Å²) in [5.74, 6) is 0.418. The molecule has 1 aromatic carbocycles. The lowest BCUT2D eigenvalue weighted by atomic mass is 10.1. The van der Waals surface area contributed by atoms with Crippen LogP contribution in [0, 0.1) is 6.92 Å². The Kier molecular flexibility index (Phi) is 3.75. The van der Waals surface area contributed by atoms with Gasteiger partial charge in [0.1, 0.15) is 23.4 Å². The minimum absolute atomic E-state index is 0.0429. The number of aromatic hydroxyl groups is 1. The molecule has 1 heterocycles. The fraction of sp³-hybridized carbons (Fsp3) is 0.0625. The van der Waals surface area contributed by atoms with Crippen LogP contribution in [-0.2, 0) is 0 Å². The Hall–Kier alpha value is -2.75. The van der Waals surface area contributed by atoms with Crippen molar-refractivity contribution < 1.29 is 14.3 Å². The van der Waals surface area contributed by atoms with E-state index in [0.29, 0.717) is 22.3 Å². The quantitative estimate of drug-likeness (QED) is 0.683. The Morgan fingerprint density at radius 2 is 2.20 bits per heavy atom. The summed E-state index contributed by atoms with van der Waals surface area (Å²) < 4.78 is 10.7. The van der Waals surface area contributed by atoms with Gasteiger partial charge in [-0.1, -0.05) is 25.3 Å². The largest absolute Gasteiger partial charge is 0.508 e. The number of ether oxygens (including phenoxy) is 1. The van der Waals surface area contributed by atoms with E-state index in [0.717, 1.165) is 0 Å². The summed E-state index contributed by atoms with van der Waals surface area (Å²) in [5.41, 5.74) is 0.536. The molecule has 0 aliphatic rings. The van der Waals surface area contributed by atoms with Gasteiger partial charge in [0.05, 0.1) is 5.39 Å². The first-order valence-electron chi connectivity index (χ1n) is 5.94. The summed E-state index contributed by atoms with van der Waals surface area (Å²) in [6.45, 7) is 8.87. The third-order valence-corrected chi connectivity index (χ3v) is 2.79. The molecule has 2 aromatic rings. The normalized spacial score (nSPS) is 10.8. The van der Waals surface area contributed by atoms with Gasteiger partial charge in [-0.25, -0.2) is 0 Å². The molecule has 0 aliphatic carbocycles. The van der Waals surface area contributed by atoms with E-state index >= 15 is 0 Å². The molecule has 0 aliphatic heterocycles. The van der Waals surface area contributed by atoms with E-state index in [-0.39, 0.29) is 16.9 Å². The second-order valence-corrected chi connectivity index (χ2v) is 4.18. The number of phenolic OH excluding ortho intramolecular Hbond substituents is 1. The Bertz CT molecular complexity index is 766. The minimum atomic E-state index is -0.317. The Labute approximate surface area is 115 Å². The number of hydrogen-bond acceptors (Lipinski definition) is 4. The van der Waals surface area contributed by atoms with Crippen LogP contribution in [0.15, 0.2) is 64.8 Å². The SMILES string of the molecule is C=C/C=C\C(=C)Oc1coc2c(C)c(O)ccc2c1=O. The predicted octanol–water partition coefficient (Wildman–Crippen LogP) is 3.44. The molecule has 1 N–H and O–H groups in total. The summed E-state index contributed by atoms with van der Waals surface area (Å²) >= 11 is 0. The summed E-state index contributed by atoms with van der Waals surface area (Å²) in [7, 11) is 0.